The van der Waals surface area contributed by atoms with Gasteiger partial charge in [-0.15, -0.1) is 0 Å². The number of fused-ring (bicyclic) bond motifs is 2. The van der Waals surface area contributed by atoms with Crippen molar-refractivity contribution in [1.29, 1.82) is 0 Å². The molecule has 250 valence electrons. The van der Waals surface area contributed by atoms with Gasteiger partial charge in [0.1, 0.15) is 11.5 Å². The van der Waals surface area contributed by atoms with Crippen molar-refractivity contribution in [2.24, 2.45) is 0 Å². The molecule has 4 heteroatoms. The Morgan fingerprint density at radius 1 is 0.438 bits per heavy atom. The quantitative estimate of drug-likeness (QED) is 0.0609. The molecule has 0 aliphatic heterocycles. The van der Waals surface area contributed by atoms with E-state index in [0.29, 0.717) is 13.2 Å². The van der Waals surface area contributed by atoms with Crippen LogP contribution in [0.3, 0.4) is 0 Å². The second-order valence-electron chi connectivity index (χ2n) is 13.0. The lowest BCUT2D eigenvalue weighted by Gasteiger charge is -2.19. The van der Waals surface area contributed by atoms with Gasteiger partial charge in [0, 0.05) is 61.1 Å². The fraction of sp³-hybridized carbons (Fsp3) is 0.318. The van der Waals surface area contributed by atoms with Crippen molar-refractivity contribution in [3.63, 3.8) is 0 Å². The first-order chi connectivity index (χ1) is 23.4. The van der Waals surface area contributed by atoms with Gasteiger partial charge in [-0.1, -0.05) is 100 Å². The minimum absolute atomic E-state index is 0.686. The molecule has 0 aromatic heterocycles. The lowest BCUT2D eigenvalue weighted by molar-refractivity contribution is 0.308. The number of benzene rings is 5. The molecule has 5 aromatic rings. The Labute approximate surface area is 288 Å². The third-order valence-corrected chi connectivity index (χ3v) is 8.81. The van der Waals surface area contributed by atoms with E-state index < -0.39 is 0 Å². The van der Waals surface area contributed by atoms with E-state index in [9.17, 15) is 0 Å². The lowest BCUT2D eigenvalue weighted by atomic mass is 9.96. The molecule has 5 rings (SSSR count). The molecule has 0 heterocycles. The second kappa shape index (κ2) is 16.9. The van der Waals surface area contributed by atoms with Gasteiger partial charge in [0.05, 0.1) is 13.2 Å². The smallest absolute Gasteiger partial charge is 0.135 e. The van der Waals surface area contributed by atoms with Gasteiger partial charge in [-0.2, -0.15) is 0 Å². The van der Waals surface area contributed by atoms with Crippen LogP contribution in [-0.4, -0.2) is 41.4 Å². The van der Waals surface area contributed by atoms with Crippen LogP contribution in [0.5, 0.6) is 11.5 Å². The Bertz CT molecular complexity index is 1710. The summed E-state index contributed by atoms with van der Waals surface area (Å²) in [6.07, 6.45) is 15.4. The molecular formula is C44H52N2O2. The number of hydrogen-bond donors (Lipinski definition) is 0. The maximum absolute atomic E-state index is 6.73. The van der Waals surface area contributed by atoms with Gasteiger partial charge >= 0.3 is 0 Å². The summed E-state index contributed by atoms with van der Waals surface area (Å²) in [4.78, 5) is 4.24. The van der Waals surface area contributed by atoms with Gasteiger partial charge in [0.2, 0.25) is 0 Å². The summed E-state index contributed by atoms with van der Waals surface area (Å²) in [5.41, 5.74) is 6.98. The molecule has 0 saturated carbocycles. The van der Waals surface area contributed by atoms with Gasteiger partial charge in [0.15, 0.2) is 0 Å². The fourth-order valence-electron chi connectivity index (χ4n) is 5.91. The Balaban J connectivity index is 1.59. The summed E-state index contributed by atoms with van der Waals surface area (Å²) < 4.78 is 13.4. The molecule has 0 spiro atoms. The number of nitrogens with zero attached hydrogens (tertiary/aromatic N) is 2. The summed E-state index contributed by atoms with van der Waals surface area (Å²) in [6.45, 7) is 5.84. The van der Waals surface area contributed by atoms with E-state index >= 15 is 0 Å². The molecule has 0 aliphatic rings. The summed E-state index contributed by atoms with van der Waals surface area (Å²) >= 11 is 0. The van der Waals surface area contributed by atoms with Crippen molar-refractivity contribution in [1.82, 2.24) is 0 Å². The highest BCUT2D eigenvalue weighted by molar-refractivity contribution is 6.12. The first-order valence-electron chi connectivity index (χ1n) is 17.6. The van der Waals surface area contributed by atoms with E-state index in [-0.39, 0.29) is 0 Å². The Hall–Kier alpha value is -4.70. The molecular weight excluding hydrogens is 588 g/mol. The molecule has 0 N–H and O–H groups in total. The molecule has 0 saturated heterocycles. The van der Waals surface area contributed by atoms with Crippen LogP contribution in [0, 0.1) is 0 Å². The minimum Gasteiger partial charge on any atom is -0.492 e. The molecule has 48 heavy (non-hydrogen) atoms. The molecule has 0 fully saturated rings. The zero-order valence-corrected chi connectivity index (χ0v) is 29.8. The molecule has 0 unspecified atom stereocenters. The molecule has 5 aromatic carbocycles. The van der Waals surface area contributed by atoms with Crippen molar-refractivity contribution in [2.45, 2.75) is 52.4 Å². The molecule has 0 aliphatic carbocycles. The monoisotopic (exact) mass is 640 g/mol. The van der Waals surface area contributed by atoms with E-state index in [0.717, 1.165) is 82.7 Å². The molecule has 0 radical (unpaired) electrons. The van der Waals surface area contributed by atoms with Gasteiger partial charge in [0.25, 0.3) is 0 Å². The van der Waals surface area contributed by atoms with Gasteiger partial charge < -0.3 is 19.3 Å². The minimum atomic E-state index is 0.686. The van der Waals surface area contributed by atoms with E-state index in [1.165, 1.54) is 22.5 Å². The first kappa shape index (κ1) is 34.6. The van der Waals surface area contributed by atoms with E-state index in [4.69, 9.17) is 9.47 Å². The van der Waals surface area contributed by atoms with Crippen LogP contribution in [-0.2, 0) is 0 Å². The van der Waals surface area contributed by atoms with Crippen molar-refractivity contribution in [3.05, 3.63) is 107 Å². The van der Waals surface area contributed by atoms with Crippen LogP contribution in [0.2, 0.25) is 0 Å². The lowest BCUT2D eigenvalue weighted by Crippen LogP contribution is -2.07. The molecule has 4 nitrogen and oxygen atoms in total. The fourth-order valence-corrected chi connectivity index (χ4v) is 5.91. The Kier molecular flexibility index (Phi) is 12.2. The van der Waals surface area contributed by atoms with Gasteiger partial charge in [-0.05, 0) is 83.6 Å². The van der Waals surface area contributed by atoms with Gasteiger partial charge in [-0.25, -0.2) is 0 Å². The summed E-state index contributed by atoms with van der Waals surface area (Å²) in [5, 5.41) is 4.38. The SMILES string of the molecule is CCCCCOc1c2ccc(/C=C/c3ccc(N(C)C)cc3)cc2c(OCCCCC)c2cc(/C=C/c3ccc(N(C)C)cc3)ccc12. The maximum Gasteiger partial charge on any atom is 0.135 e. The normalized spacial score (nSPS) is 11.6. The van der Waals surface area contributed by atoms with Crippen molar-refractivity contribution >= 4 is 57.2 Å². The van der Waals surface area contributed by atoms with Crippen LogP contribution in [0.25, 0.3) is 45.8 Å². The van der Waals surface area contributed by atoms with Crippen LogP contribution in [0.15, 0.2) is 84.9 Å². The number of rotatable bonds is 16. The maximum atomic E-state index is 6.73. The standard InChI is InChI=1S/C44H52N2O2/c1-7-9-11-29-47-43-39-27-21-35(15-13-33-17-23-37(24-18-33)45(3)4)31-41(39)44(48-30-12-10-8-2)42-32-36(22-28-40(42)43)16-14-34-19-25-38(26-20-34)46(5)6/h13-28,31-32H,7-12,29-30H2,1-6H3/b15-13+,16-14+. The van der Waals surface area contributed by atoms with Crippen LogP contribution < -0.4 is 19.3 Å². The van der Waals surface area contributed by atoms with Crippen molar-refractivity contribution in [3.8, 4) is 11.5 Å². The van der Waals surface area contributed by atoms with Crippen molar-refractivity contribution < 1.29 is 9.47 Å². The highest BCUT2D eigenvalue weighted by Crippen LogP contribution is 2.44. The first-order valence-corrected chi connectivity index (χ1v) is 17.6. The molecule has 0 bridgehead atoms. The van der Waals surface area contributed by atoms with Crippen LogP contribution >= 0.6 is 0 Å². The highest BCUT2D eigenvalue weighted by Gasteiger charge is 2.17. The average molecular weight is 641 g/mol. The second-order valence-corrected chi connectivity index (χ2v) is 13.0. The summed E-state index contributed by atoms with van der Waals surface area (Å²) in [5.74, 6) is 1.88. The number of ether oxygens (including phenoxy) is 2. The number of hydrogen-bond acceptors (Lipinski definition) is 4. The summed E-state index contributed by atoms with van der Waals surface area (Å²) in [7, 11) is 8.26. The zero-order chi connectivity index (χ0) is 33.9. The van der Waals surface area contributed by atoms with E-state index in [1.807, 2.05) is 0 Å². The average Bonchev–Trinajstić information content (AvgIpc) is 3.10. The topological polar surface area (TPSA) is 24.9 Å². The van der Waals surface area contributed by atoms with Crippen LogP contribution in [0.1, 0.15) is 74.6 Å². The summed E-state index contributed by atoms with van der Waals surface area (Å²) in [6, 6.07) is 30.6. The van der Waals surface area contributed by atoms with Crippen molar-refractivity contribution in [2.75, 3.05) is 51.2 Å². The third-order valence-electron chi connectivity index (χ3n) is 8.81. The predicted octanol–water partition coefficient (Wildman–Crippen LogP) is 11.6. The zero-order valence-electron chi connectivity index (χ0n) is 29.8. The highest BCUT2D eigenvalue weighted by atomic mass is 16.5. The third kappa shape index (κ3) is 8.80. The number of unbranched alkanes of at least 4 members (excludes halogenated alkanes) is 4. The van der Waals surface area contributed by atoms with Gasteiger partial charge in [-0.3, -0.25) is 0 Å². The Morgan fingerprint density at radius 2 is 0.792 bits per heavy atom. The largest absolute Gasteiger partial charge is 0.492 e. The van der Waals surface area contributed by atoms with E-state index in [1.54, 1.807) is 0 Å². The van der Waals surface area contributed by atoms with Crippen LogP contribution in [0.4, 0.5) is 11.4 Å². The molecule has 0 amide bonds. The van der Waals surface area contributed by atoms with E-state index in [2.05, 4.69) is 161 Å². The molecule has 0 atom stereocenters. The number of anilines is 2. The Morgan fingerprint density at radius 3 is 1.17 bits per heavy atom. The predicted molar refractivity (Wildman–Crippen MR) is 211 cm³/mol.